The van der Waals surface area contributed by atoms with Crippen molar-refractivity contribution in [2.75, 3.05) is 6.54 Å². The third-order valence-electron chi connectivity index (χ3n) is 2.17. The summed E-state index contributed by atoms with van der Waals surface area (Å²) in [6.07, 6.45) is -4.30. The van der Waals surface area contributed by atoms with Gasteiger partial charge in [-0.25, -0.2) is 0 Å². The molecular formula is C11H14ClF3N2O. The van der Waals surface area contributed by atoms with Crippen molar-refractivity contribution in [3.8, 4) is 0 Å². The maximum Gasteiger partial charge on any atom is 0.416 e. The average Bonchev–Trinajstić information content (AvgIpc) is 2.26. The van der Waals surface area contributed by atoms with Crippen LogP contribution in [0.3, 0.4) is 0 Å². The zero-order valence-corrected chi connectivity index (χ0v) is 10.3. The van der Waals surface area contributed by atoms with Crippen LogP contribution < -0.4 is 11.1 Å². The first kappa shape index (κ1) is 16.7. The van der Waals surface area contributed by atoms with Crippen LogP contribution in [0.2, 0.25) is 0 Å². The molecule has 1 rings (SSSR count). The Labute approximate surface area is 109 Å². The Morgan fingerprint density at radius 2 is 1.89 bits per heavy atom. The van der Waals surface area contributed by atoms with E-state index in [9.17, 15) is 18.0 Å². The number of alkyl halides is 3. The fourth-order valence-corrected chi connectivity index (χ4v) is 1.36. The number of carbonyl (C=O) groups excluding carboxylic acids is 1. The van der Waals surface area contributed by atoms with Crippen molar-refractivity contribution in [3.05, 3.63) is 35.4 Å². The highest BCUT2D eigenvalue weighted by Gasteiger charge is 2.32. The Balaban J connectivity index is 0.00000289. The number of nitrogens with one attached hydrogen (secondary N) is 1. The van der Waals surface area contributed by atoms with Crippen molar-refractivity contribution in [1.82, 2.24) is 5.32 Å². The maximum atomic E-state index is 12.6. The first-order valence-corrected chi connectivity index (χ1v) is 5.07. The number of hydrogen-bond donors (Lipinski definition) is 2. The highest BCUT2D eigenvalue weighted by atomic mass is 35.5. The largest absolute Gasteiger partial charge is 0.416 e. The van der Waals surface area contributed by atoms with Gasteiger partial charge in [-0.3, -0.25) is 4.79 Å². The van der Waals surface area contributed by atoms with E-state index < -0.39 is 11.7 Å². The Hall–Kier alpha value is -1.27. The Morgan fingerprint density at radius 1 is 1.28 bits per heavy atom. The van der Waals surface area contributed by atoms with Crippen LogP contribution in [-0.2, 0) is 17.5 Å². The summed E-state index contributed by atoms with van der Waals surface area (Å²) in [6.45, 7) is 0.0290. The van der Waals surface area contributed by atoms with Gasteiger partial charge in [0.2, 0.25) is 5.91 Å². The van der Waals surface area contributed by atoms with Crippen LogP contribution in [0.5, 0.6) is 0 Å². The van der Waals surface area contributed by atoms with E-state index in [1.807, 2.05) is 0 Å². The van der Waals surface area contributed by atoms with Crippen LogP contribution in [0.1, 0.15) is 17.5 Å². The van der Waals surface area contributed by atoms with E-state index in [2.05, 4.69) is 5.32 Å². The fraction of sp³-hybridized carbons (Fsp3) is 0.364. The predicted molar refractivity (Wildman–Crippen MR) is 64.2 cm³/mol. The molecular weight excluding hydrogens is 269 g/mol. The fourth-order valence-electron chi connectivity index (χ4n) is 1.36. The molecule has 1 aromatic carbocycles. The summed E-state index contributed by atoms with van der Waals surface area (Å²) >= 11 is 0. The van der Waals surface area contributed by atoms with Gasteiger partial charge in [0.25, 0.3) is 0 Å². The minimum absolute atomic E-state index is 0. The SMILES string of the molecule is Cl.NCCC(=O)NCc1ccccc1C(F)(F)F. The van der Waals surface area contributed by atoms with Crippen LogP contribution in [0, 0.1) is 0 Å². The molecule has 0 heterocycles. The molecule has 0 aliphatic carbocycles. The molecule has 0 unspecified atom stereocenters. The minimum Gasteiger partial charge on any atom is -0.352 e. The highest BCUT2D eigenvalue weighted by Crippen LogP contribution is 2.31. The van der Waals surface area contributed by atoms with E-state index in [-0.39, 0.29) is 43.4 Å². The summed E-state index contributed by atoms with van der Waals surface area (Å²) in [4.78, 5) is 11.1. The Kier molecular flexibility index (Phi) is 6.72. The molecule has 18 heavy (non-hydrogen) atoms. The Morgan fingerprint density at radius 3 is 2.44 bits per heavy atom. The minimum atomic E-state index is -4.41. The van der Waals surface area contributed by atoms with Crippen LogP contribution in [0.15, 0.2) is 24.3 Å². The van der Waals surface area contributed by atoms with E-state index in [0.717, 1.165) is 6.07 Å². The van der Waals surface area contributed by atoms with E-state index in [1.165, 1.54) is 18.2 Å². The molecule has 7 heteroatoms. The lowest BCUT2D eigenvalue weighted by Crippen LogP contribution is -2.26. The smallest absolute Gasteiger partial charge is 0.352 e. The highest BCUT2D eigenvalue weighted by molar-refractivity contribution is 5.85. The molecule has 0 bridgehead atoms. The van der Waals surface area contributed by atoms with E-state index in [0.29, 0.717) is 0 Å². The Bertz CT molecular complexity index is 396. The number of benzene rings is 1. The molecule has 0 saturated heterocycles. The molecule has 3 N–H and O–H groups in total. The van der Waals surface area contributed by atoms with Gasteiger partial charge in [0, 0.05) is 19.5 Å². The summed E-state index contributed by atoms with van der Waals surface area (Å²) in [5.74, 6) is -0.357. The summed E-state index contributed by atoms with van der Waals surface area (Å²) in [6, 6.07) is 5.14. The van der Waals surface area contributed by atoms with Crippen LogP contribution in [0.4, 0.5) is 13.2 Å². The van der Waals surface area contributed by atoms with Gasteiger partial charge >= 0.3 is 6.18 Å². The summed E-state index contributed by atoms with van der Waals surface area (Å²) in [7, 11) is 0. The number of carbonyl (C=O) groups is 1. The molecule has 0 saturated carbocycles. The van der Waals surface area contributed by atoms with Gasteiger partial charge in [-0.15, -0.1) is 12.4 Å². The standard InChI is InChI=1S/C11H13F3N2O.ClH/c12-11(13,14)9-4-2-1-3-8(9)7-16-10(17)5-6-15;/h1-4H,5-7,15H2,(H,16,17);1H. The first-order chi connectivity index (χ1) is 7.95. The third kappa shape index (κ3) is 4.93. The van der Waals surface area contributed by atoms with Crippen molar-refractivity contribution >= 4 is 18.3 Å². The summed E-state index contributed by atoms with van der Waals surface area (Å²) in [5.41, 5.74) is 4.47. The second-order valence-corrected chi connectivity index (χ2v) is 3.47. The number of hydrogen-bond acceptors (Lipinski definition) is 2. The molecule has 1 aromatic rings. The van der Waals surface area contributed by atoms with Crippen LogP contribution in [0.25, 0.3) is 0 Å². The van der Waals surface area contributed by atoms with E-state index in [1.54, 1.807) is 0 Å². The lowest BCUT2D eigenvalue weighted by molar-refractivity contribution is -0.138. The van der Waals surface area contributed by atoms with E-state index >= 15 is 0 Å². The topological polar surface area (TPSA) is 55.1 Å². The lowest BCUT2D eigenvalue weighted by atomic mass is 10.1. The van der Waals surface area contributed by atoms with Gasteiger partial charge in [0.15, 0.2) is 0 Å². The van der Waals surface area contributed by atoms with Crippen LogP contribution in [-0.4, -0.2) is 12.5 Å². The first-order valence-electron chi connectivity index (χ1n) is 5.07. The van der Waals surface area contributed by atoms with Gasteiger partial charge in [-0.1, -0.05) is 18.2 Å². The predicted octanol–water partition coefficient (Wildman–Crippen LogP) is 2.09. The second-order valence-electron chi connectivity index (χ2n) is 3.47. The third-order valence-corrected chi connectivity index (χ3v) is 2.17. The molecule has 0 aliphatic rings. The molecule has 0 atom stereocenters. The monoisotopic (exact) mass is 282 g/mol. The van der Waals surface area contributed by atoms with Gasteiger partial charge in [-0.05, 0) is 11.6 Å². The zero-order chi connectivity index (χ0) is 12.9. The van der Waals surface area contributed by atoms with Crippen molar-refractivity contribution in [2.24, 2.45) is 5.73 Å². The average molecular weight is 283 g/mol. The van der Waals surface area contributed by atoms with Gasteiger partial charge < -0.3 is 11.1 Å². The zero-order valence-electron chi connectivity index (χ0n) is 9.46. The molecule has 0 fully saturated rings. The van der Waals surface area contributed by atoms with Crippen molar-refractivity contribution in [2.45, 2.75) is 19.1 Å². The molecule has 1 amide bonds. The van der Waals surface area contributed by atoms with Crippen molar-refractivity contribution < 1.29 is 18.0 Å². The van der Waals surface area contributed by atoms with Gasteiger partial charge in [-0.2, -0.15) is 13.2 Å². The van der Waals surface area contributed by atoms with E-state index in [4.69, 9.17) is 5.73 Å². The van der Waals surface area contributed by atoms with Crippen molar-refractivity contribution in [1.29, 1.82) is 0 Å². The quantitative estimate of drug-likeness (QED) is 0.888. The summed E-state index contributed by atoms with van der Waals surface area (Å²) < 4.78 is 37.8. The molecule has 0 aromatic heterocycles. The second kappa shape index (κ2) is 7.23. The number of amides is 1. The maximum absolute atomic E-state index is 12.6. The molecule has 0 spiro atoms. The molecule has 3 nitrogen and oxygen atoms in total. The van der Waals surface area contributed by atoms with Gasteiger partial charge in [0.05, 0.1) is 5.56 Å². The lowest BCUT2D eigenvalue weighted by Gasteiger charge is -2.13. The number of halogens is 4. The van der Waals surface area contributed by atoms with Crippen LogP contribution >= 0.6 is 12.4 Å². The summed E-state index contributed by atoms with van der Waals surface area (Å²) in [5, 5.41) is 2.39. The normalized spacial score (nSPS) is 10.7. The molecule has 0 aliphatic heterocycles. The number of nitrogens with two attached hydrogens (primary N) is 1. The number of rotatable bonds is 4. The molecule has 102 valence electrons. The van der Waals surface area contributed by atoms with Gasteiger partial charge in [0.1, 0.15) is 0 Å². The molecule has 0 radical (unpaired) electrons. The van der Waals surface area contributed by atoms with Crippen molar-refractivity contribution in [3.63, 3.8) is 0 Å².